The van der Waals surface area contributed by atoms with Crippen molar-refractivity contribution in [2.45, 2.75) is 13.1 Å². The van der Waals surface area contributed by atoms with Crippen molar-refractivity contribution >= 4 is 23.2 Å². The Morgan fingerprint density at radius 1 is 0.656 bits per heavy atom. The van der Waals surface area contributed by atoms with Gasteiger partial charge in [-0.1, -0.05) is 46.6 Å². The summed E-state index contributed by atoms with van der Waals surface area (Å²) in [6, 6.07) is 20.3. The number of benzene rings is 3. The average molecular weight is 426 g/mol. The average Bonchev–Trinajstić information content (AvgIpc) is 2.83. The molecule has 0 aromatic heterocycles. The standard InChI is InChI=1S/C22H18N8O2/c23-29-25-13-15-5-9-17(10-6-15)21(31)27-19-3-1-2-4-20(19)28-22(32)18-11-7-16(8-12-18)14-26-30-24/h1-12H,13-14H2,(H,27,31)(H,28,32). The second kappa shape index (κ2) is 10.8. The maximum atomic E-state index is 12.6. The minimum Gasteiger partial charge on any atom is -0.320 e. The Balaban J connectivity index is 1.70. The van der Waals surface area contributed by atoms with E-state index in [9.17, 15) is 9.59 Å². The lowest BCUT2D eigenvalue weighted by atomic mass is 10.1. The summed E-state index contributed by atoms with van der Waals surface area (Å²) in [4.78, 5) is 30.7. The van der Waals surface area contributed by atoms with Crippen molar-refractivity contribution in [3.63, 3.8) is 0 Å². The first-order valence-corrected chi connectivity index (χ1v) is 9.52. The van der Waals surface area contributed by atoms with Gasteiger partial charge in [-0.05, 0) is 58.6 Å². The van der Waals surface area contributed by atoms with E-state index in [1.165, 1.54) is 0 Å². The van der Waals surface area contributed by atoms with Crippen molar-refractivity contribution in [1.29, 1.82) is 0 Å². The molecule has 0 fully saturated rings. The first-order chi connectivity index (χ1) is 15.6. The summed E-state index contributed by atoms with van der Waals surface area (Å²) in [5, 5.41) is 12.6. The predicted molar refractivity (Wildman–Crippen MR) is 121 cm³/mol. The number of amides is 2. The van der Waals surface area contributed by atoms with E-state index >= 15 is 0 Å². The highest BCUT2D eigenvalue weighted by Gasteiger charge is 2.12. The summed E-state index contributed by atoms with van der Waals surface area (Å²) in [5.74, 6) is -0.686. The van der Waals surface area contributed by atoms with Gasteiger partial charge in [0.15, 0.2) is 0 Å². The molecule has 2 amide bonds. The monoisotopic (exact) mass is 426 g/mol. The second-order valence-corrected chi connectivity index (χ2v) is 6.63. The number of azide groups is 2. The van der Waals surface area contributed by atoms with E-state index in [4.69, 9.17) is 11.1 Å². The molecule has 0 atom stereocenters. The second-order valence-electron chi connectivity index (χ2n) is 6.63. The minimum atomic E-state index is -0.343. The molecular weight excluding hydrogens is 408 g/mol. The summed E-state index contributed by atoms with van der Waals surface area (Å²) in [5.41, 5.74) is 20.1. The van der Waals surface area contributed by atoms with Crippen LogP contribution in [0.1, 0.15) is 31.8 Å². The maximum Gasteiger partial charge on any atom is 0.255 e. The molecule has 0 aliphatic carbocycles. The highest BCUT2D eigenvalue weighted by atomic mass is 16.2. The molecule has 3 aromatic rings. The molecule has 32 heavy (non-hydrogen) atoms. The Morgan fingerprint density at radius 3 is 1.38 bits per heavy atom. The maximum absolute atomic E-state index is 12.6. The molecule has 0 saturated heterocycles. The molecule has 2 N–H and O–H groups in total. The number of carbonyl (C=O) groups is 2. The highest BCUT2D eigenvalue weighted by Crippen LogP contribution is 2.23. The summed E-state index contributed by atoms with van der Waals surface area (Å²) in [6.45, 7) is 0.416. The molecule has 0 saturated carbocycles. The van der Waals surface area contributed by atoms with Crippen LogP contribution in [-0.4, -0.2) is 11.8 Å². The molecule has 0 unspecified atom stereocenters. The Labute approximate surface area is 183 Å². The van der Waals surface area contributed by atoms with Crippen LogP contribution in [0.15, 0.2) is 83.0 Å². The number of anilines is 2. The van der Waals surface area contributed by atoms with Crippen molar-refractivity contribution < 1.29 is 9.59 Å². The Morgan fingerprint density at radius 2 is 1.03 bits per heavy atom. The fourth-order valence-corrected chi connectivity index (χ4v) is 2.84. The summed E-state index contributed by atoms with van der Waals surface area (Å²) >= 11 is 0. The van der Waals surface area contributed by atoms with E-state index in [1.807, 2.05) is 0 Å². The lowest BCUT2D eigenvalue weighted by Crippen LogP contribution is -2.16. The molecule has 158 valence electrons. The third kappa shape index (κ3) is 5.87. The molecule has 0 heterocycles. The van der Waals surface area contributed by atoms with Crippen LogP contribution in [0.4, 0.5) is 11.4 Å². The third-order valence-corrected chi connectivity index (χ3v) is 4.49. The predicted octanol–water partition coefficient (Wildman–Crippen LogP) is 5.81. The number of nitrogens with one attached hydrogen (secondary N) is 2. The molecule has 10 nitrogen and oxygen atoms in total. The first-order valence-electron chi connectivity index (χ1n) is 9.52. The zero-order valence-corrected chi connectivity index (χ0v) is 16.8. The Kier molecular flexibility index (Phi) is 7.43. The van der Waals surface area contributed by atoms with Gasteiger partial charge in [-0.3, -0.25) is 9.59 Å². The lowest BCUT2D eigenvalue weighted by Gasteiger charge is -2.13. The summed E-state index contributed by atoms with van der Waals surface area (Å²) < 4.78 is 0. The Hall–Kier alpha value is -4.78. The van der Waals surface area contributed by atoms with Crippen molar-refractivity contribution in [2.24, 2.45) is 10.2 Å². The highest BCUT2D eigenvalue weighted by molar-refractivity contribution is 6.10. The molecular formula is C22H18N8O2. The van der Waals surface area contributed by atoms with Gasteiger partial charge in [0.05, 0.1) is 24.5 Å². The quantitative estimate of drug-likeness (QED) is 0.265. The first kappa shape index (κ1) is 21.9. The van der Waals surface area contributed by atoms with Crippen LogP contribution in [0.5, 0.6) is 0 Å². The van der Waals surface area contributed by atoms with Crippen LogP contribution in [-0.2, 0) is 13.1 Å². The van der Waals surface area contributed by atoms with Gasteiger partial charge in [-0.15, -0.1) is 0 Å². The van der Waals surface area contributed by atoms with Crippen LogP contribution in [0.25, 0.3) is 20.9 Å². The summed E-state index contributed by atoms with van der Waals surface area (Å²) in [7, 11) is 0. The fourth-order valence-electron chi connectivity index (χ4n) is 2.84. The van der Waals surface area contributed by atoms with Crippen molar-refractivity contribution in [3.8, 4) is 0 Å². The van der Waals surface area contributed by atoms with Crippen LogP contribution in [0, 0.1) is 0 Å². The van der Waals surface area contributed by atoms with Crippen LogP contribution >= 0.6 is 0 Å². The molecule has 0 radical (unpaired) electrons. The van der Waals surface area contributed by atoms with Crippen LogP contribution in [0.3, 0.4) is 0 Å². The molecule has 0 aliphatic rings. The zero-order chi connectivity index (χ0) is 22.8. The normalized spacial score (nSPS) is 9.75. The van der Waals surface area contributed by atoms with Gasteiger partial charge in [-0.25, -0.2) is 0 Å². The van der Waals surface area contributed by atoms with Crippen molar-refractivity contribution in [2.75, 3.05) is 10.6 Å². The molecule has 0 spiro atoms. The zero-order valence-electron chi connectivity index (χ0n) is 16.8. The van der Waals surface area contributed by atoms with Gasteiger partial charge in [0, 0.05) is 21.0 Å². The van der Waals surface area contributed by atoms with Gasteiger partial charge >= 0.3 is 0 Å². The molecule has 3 rings (SSSR count). The van der Waals surface area contributed by atoms with Crippen LogP contribution in [0.2, 0.25) is 0 Å². The van der Waals surface area contributed by atoms with E-state index in [2.05, 4.69) is 30.7 Å². The minimum absolute atomic E-state index is 0.208. The van der Waals surface area contributed by atoms with Crippen molar-refractivity contribution in [3.05, 3.63) is 116 Å². The van der Waals surface area contributed by atoms with Crippen molar-refractivity contribution in [1.82, 2.24) is 0 Å². The number of hydrogen-bond donors (Lipinski definition) is 2. The number of nitrogens with zero attached hydrogens (tertiary/aromatic N) is 6. The largest absolute Gasteiger partial charge is 0.320 e. The topological polar surface area (TPSA) is 156 Å². The van der Waals surface area contributed by atoms with E-state index in [-0.39, 0.29) is 24.9 Å². The fraction of sp³-hybridized carbons (Fsp3) is 0.0909. The number of carbonyl (C=O) groups excluding carboxylic acids is 2. The lowest BCUT2D eigenvalue weighted by molar-refractivity contribution is 0.101. The van der Waals surface area contributed by atoms with E-state index in [1.54, 1.807) is 72.8 Å². The van der Waals surface area contributed by atoms with Gasteiger partial charge in [0.25, 0.3) is 11.8 Å². The van der Waals surface area contributed by atoms with Gasteiger partial charge in [0.2, 0.25) is 0 Å². The third-order valence-electron chi connectivity index (χ3n) is 4.49. The van der Waals surface area contributed by atoms with Gasteiger partial charge in [-0.2, -0.15) is 0 Å². The number of para-hydroxylation sites is 2. The van der Waals surface area contributed by atoms with E-state index in [0.29, 0.717) is 22.5 Å². The number of hydrogen-bond acceptors (Lipinski definition) is 4. The SMILES string of the molecule is [N-]=[N+]=NCc1ccc(C(=O)Nc2ccccc2NC(=O)c2ccc(CN=[N+]=[N-])cc2)cc1. The molecule has 10 heteroatoms. The van der Waals surface area contributed by atoms with Gasteiger partial charge in [0.1, 0.15) is 0 Å². The Bertz CT molecular complexity index is 1110. The van der Waals surface area contributed by atoms with E-state index in [0.717, 1.165) is 11.1 Å². The molecule has 3 aromatic carbocycles. The van der Waals surface area contributed by atoms with Crippen LogP contribution < -0.4 is 10.6 Å². The molecule has 0 bridgehead atoms. The number of rotatable bonds is 8. The van der Waals surface area contributed by atoms with E-state index < -0.39 is 0 Å². The smallest absolute Gasteiger partial charge is 0.255 e. The molecule has 0 aliphatic heterocycles. The summed E-state index contributed by atoms with van der Waals surface area (Å²) in [6.07, 6.45) is 0. The van der Waals surface area contributed by atoms with Gasteiger partial charge < -0.3 is 10.6 Å².